The Bertz CT molecular complexity index is 482. The van der Waals surface area contributed by atoms with Crippen molar-refractivity contribution >= 4 is 5.97 Å². The van der Waals surface area contributed by atoms with Crippen LogP contribution in [0.2, 0.25) is 0 Å². The first-order valence-electron chi connectivity index (χ1n) is 6.33. The second-order valence-corrected chi connectivity index (χ2v) is 5.47. The van der Waals surface area contributed by atoms with E-state index in [4.69, 9.17) is 0 Å². The fourth-order valence-electron chi connectivity index (χ4n) is 2.65. The van der Waals surface area contributed by atoms with Gasteiger partial charge in [0.15, 0.2) is 0 Å². The fraction of sp³-hybridized carbons (Fsp3) is 0.500. The summed E-state index contributed by atoms with van der Waals surface area (Å²) in [5, 5.41) is 28.9. The summed E-state index contributed by atoms with van der Waals surface area (Å²) < 4.78 is 0. The van der Waals surface area contributed by atoms with Crippen molar-refractivity contribution in [3.8, 4) is 11.5 Å². The van der Waals surface area contributed by atoms with E-state index in [9.17, 15) is 20.1 Å². The number of hydrogen-bond acceptors (Lipinski definition) is 4. The molecule has 1 heterocycles. The number of carboxylic acids is 1. The van der Waals surface area contributed by atoms with Crippen LogP contribution in [0.15, 0.2) is 18.2 Å². The predicted molar refractivity (Wildman–Crippen MR) is 70.1 cm³/mol. The molecule has 0 bridgehead atoms. The molecule has 0 radical (unpaired) electrons. The summed E-state index contributed by atoms with van der Waals surface area (Å²) in [5.74, 6) is -0.725. The summed E-state index contributed by atoms with van der Waals surface area (Å²) in [6, 6.07) is 4.41. The van der Waals surface area contributed by atoms with Gasteiger partial charge in [0.1, 0.15) is 11.5 Å². The van der Waals surface area contributed by atoms with Crippen molar-refractivity contribution < 1.29 is 20.1 Å². The Morgan fingerprint density at radius 1 is 1.37 bits per heavy atom. The number of nitrogens with zero attached hydrogens (tertiary/aromatic N) is 1. The Morgan fingerprint density at radius 3 is 2.42 bits per heavy atom. The highest BCUT2D eigenvalue weighted by Gasteiger charge is 2.42. The van der Waals surface area contributed by atoms with E-state index in [0.717, 1.165) is 0 Å². The van der Waals surface area contributed by atoms with Gasteiger partial charge in [-0.15, -0.1) is 0 Å². The van der Waals surface area contributed by atoms with Crippen molar-refractivity contribution in [3.05, 3.63) is 23.8 Å². The van der Waals surface area contributed by atoms with Gasteiger partial charge in [-0.2, -0.15) is 0 Å². The molecule has 104 valence electrons. The molecule has 1 saturated heterocycles. The van der Waals surface area contributed by atoms with Gasteiger partial charge < -0.3 is 15.3 Å². The molecule has 5 heteroatoms. The van der Waals surface area contributed by atoms with Crippen molar-refractivity contribution in [3.63, 3.8) is 0 Å². The van der Waals surface area contributed by atoms with Gasteiger partial charge in [0.05, 0.1) is 11.0 Å². The lowest BCUT2D eigenvalue weighted by molar-refractivity contribution is -0.147. The highest BCUT2D eigenvalue weighted by molar-refractivity contribution is 5.74. The third-order valence-corrected chi connectivity index (χ3v) is 4.04. The molecule has 2 rings (SSSR count). The number of aromatic hydroxyl groups is 2. The zero-order valence-electron chi connectivity index (χ0n) is 11.1. The van der Waals surface area contributed by atoms with E-state index >= 15 is 0 Å². The Balaban J connectivity index is 2.23. The van der Waals surface area contributed by atoms with E-state index in [1.807, 2.05) is 11.8 Å². The van der Waals surface area contributed by atoms with Gasteiger partial charge in [-0.25, -0.2) is 0 Å². The Hall–Kier alpha value is -1.75. The van der Waals surface area contributed by atoms with E-state index in [1.165, 1.54) is 12.1 Å². The molecule has 0 amide bonds. The van der Waals surface area contributed by atoms with Gasteiger partial charge in [0.2, 0.25) is 0 Å². The first-order valence-corrected chi connectivity index (χ1v) is 6.33. The maximum Gasteiger partial charge on any atom is 0.310 e. The summed E-state index contributed by atoms with van der Waals surface area (Å²) in [4.78, 5) is 13.2. The molecule has 1 aromatic carbocycles. The lowest BCUT2D eigenvalue weighted by Crippen LogP contribution is -2.32. The van der Waals surface area contributed by atoms with E-state index in [1.54, 1.807) is 13.0 Å². The average Bonchev–Trinajstić information content (AvgIpc) is 2.73. The Labute approximate surface area is 112 Å². The van der Waals surface area contributed by atoms with E-state index < -0.39 is 11.4 Å². The molecule has 2 atom stereocenters. The van der Waals surface area contributed by atoms with Gasteiger partial charge in [-0.1, -0.05) is 6.07 Å². The summed E-state index contributed by atoms with van der Waals surface area (Å²) in [5.41, 5.74) is -0.300. The Kier molecular flexibility index (Phi) is 3.41. The summed E-state index contributed by atoms with van der Waals surface area (Å²) in [7, 11) is 0. The molecular weight excluding hydrogens is 246 g/mol. The minimum absolute atomic E-state index is 0.0384. The maximum atomic E-state index is 11.2. The Morgan fingerprint density at radius 2 is 1.95 bits per heavy atom. The molecule has 0 aromatic heterocycles. The summed E-state index contributed by atoms with van der Waals surface area (Å²) in [6.45, 7) is 4.64. The largest absolute Gasteiger partial charge is 0.507 e. The minimum Gasteiger partial charge on any atom is -0.507 e. The molecule has 2 unspecified atom stereocenters. The van der Waals surface area contributed by atoms with Crippen LogP contribution in [0, 0.1) is 5.41 Å². The van der Waals surface area contributed by atoms with Gasteiger partial charge in [-0.3, -0.25) is 9.69 Å². The van der Waals surface area contributed by atoms with Crippen molar-refractivity contribution in [2.45, 2.75) is 26.3 Å². The highest BCUT2D eigenvalue weighted by Crippen LogP contribution is 2.40. The number of hydrogen-bond donors (Lipinski definition) is 3. The van der Waals surface area contributed by atoms with Gasteiger partial charge in [0.25, 0.3) is 0 Å². The topological polar surface area (TPSA) is 81.0 Å². The highest BCUT2D eigenvalue weighted by atomic mass is 16.4. The van der Waals surface area contributed by atoms with Crippen LogP contribution >= 0.6 is 0 Å². The molecule has 0 aliphatic carbocycles. The van der Waals surface area contributed by atoms with Crippen LogP contribution in [0.5, 0.6) is 11.5 Å². The van der Waals surface area contributed by atoms with Crippen LogP contribution in [-0.4, -0.2) is 39.3 Å². The number of likely N-dealkylation sites (tertiary alicyclic amines) is 1. The smallest absolute Gasteiger partial charge is 0.310 e. The monoisotopic (exact) mass is 265 g/mol. The zero-order valence-corrected chi connectivity index (χ0v) is 11.1. The van der Waals surface area contributed by atoms with Crippen molar-refractivity contribution in [1.82, 2.24) is 4.90 Å². The van der Waals surface area contributed by atoms with Gasteiger partial charge in [0, 0.05) is 12.6 Å². The van der Waals surface area contributed by atoms with Crippen LogP contribution in [0.4, 0.5) is 0 Å². The molecular formula is C14H19NO4. The molecule has 1 fully saturated rings. The predicted octanol–water partition coefficient (Wildman–Crippen LogP) is 1.96. The number of rotatable bonds is 3. The van der Waals surface area contributed by atoms with E-state index in [2.05, 4.69) is 0 Å². The normalized spacial score (nSPS) is 25.4. The van der Waals surface area contributed by atoms with Crippen LogP contribution in [0.1, 0.15) is 31.9 Å². The van der Waals surface area contributed by atoms with Crippen LogP contribution in [-0.2, 0) is 4.79 Å². The number of aliphatic carboxylic acids is 1. The van der Waals surface area contributed by atoms with Crippen molar-refractivity contribution in [2.75, 3.05) is 13.1 Å². The third-order valence-electron chi connectivity index (χ3n) is 4.04. The van der Waals surface area contributed by atoms with Crippen LogP contribution < -0.4 is 0 Å². The standard InChI is InChI=1S/C14H19NO4/c1-9(12-10(16)4-3-5-11(12)17)15-7-6-14(2,8-15)13(18)19/h3-5,9,16-17H,6-8H2,1-2H3,(H,18,19). The number of benzene rings is 1. The molecule has 1 aromatic rings. The fourth-order valence-corrected chi connectivity index (χ4v) is 2.65. The second-order valence-electron chi connectivity index (χ2n) is 5.47. The average molecular weight is 265 g/mol. The molecule has 19 heavy (non-hydrogen) atoms. The van der Waals surface area contributed by atoms with Crippen LogP contribution in [0.3, 0.4) is 0 Å². The van der Waals surface area contributed by atoms with Gasteiger partial charge in [-0.05, 0) is 38.9 Å². The second kappa shape index (κ2) is 4.74. The maximum absolute atomic E-state index is 11.2. The molecule has 1 aliphatic rings. The lowest BCUT2D eigenvalue weighted by Gasteiger charge is -2.27. The number of carbonyl (C=O) groups is 1. The number of phenols is 2. The first kappa shape index (κ1) is 13.7. The third kappa shape index (κ3) is 2.38. The number of phenolic OH excluding ortho intramolecular Hbond substituents is 2. The van der Waals surface area contributed by atoms with E-state index in [-0.39, 0.29) is 17.5 Å². The SMILES string of the molecule is CC(c1c(O)cccc1O)N1CCC(C)(C(=O)O)C1. The molecule has 0 spiro atoms. The van der Waals surface area contributed by atoms with Gasteiger partial charge >= 0.3 is 5.97 Å². The minimum atomic E-state index is -0.802. The molecule has 3 N–H and O–H groups in total. The van der Waals surface area contributed by atoms with Crippen molar-refractivity contribution in [1.29, 1.82) is 0 Å². The summed E-state index contributed by atoms with van der Waals surface area (Å²) in [6.07, 6.45) is 0.570. The summed E-state index contributed by atoms with van der Waals surface area (Å²) >= 11 is 0. The first-order chi connectivity index (χ1) is 8.85. The molecule has 1 aliphatic heterocycles. The quantitative estimate of drug-likeness (QED) is 0.778. The van der Waals surface area contributed by atoms with Crippen LogP contribution in [0.25, 0.3) is 0 Å². The molecule has 0 saturated carbocycles. The van der Waals surface area contributed by atoms with E-state index in [0.29, 0.717) is 25.1 Å². The lowest BCUT2D eigenvalue weighted by atomic mass is 9.90. The number of carboxylic acid groups (broad SMARTS) is 1. The molecule has 5 nitrogen and oxygen atoms in total. The van der Waals surface area contributed by atoms with Crippen molar-refractivity contribution in [2.24, 2.45) is 5.41 Å². The zero-order chi connectivity index (χ0) is 14.2.